The average Bonchev–Trinajstić information content (AvgIpc) is 3.01. The van der Waals surface area contributed by atoms with Crippen LogP contribution in [0.2, 0.25) is 0 Å². The molecule has 1 atom stereocenters. The number of carbonyl (C=O) groups excluding carboxylic acids is 1. The van der Waals surface area contributed by atoms with Gasteiger partial charge < -0.3 is 10.3 Å². The molecule has 0 aliphatic carbocycles. The highest BCUT2D eigenvalue weighted by Crippen LogP contribution is 2.31. The highest BCUT2D eigenvalue weighted by Gasteiger charge is 2.27. The van der Waals surface area contributed by atoms with Crippen LogP contribution in [-0.2, 0) is 0 Å². The topological polar surface area (TPSA) is 57.8 Å². The van der Waals surface area contributed by atoms with Crippen LogP contribution in [0.5, 0.6) is 0 Å². The van der Waals surface area contributed by atoms with Gasteiger partial charge in [0.1, 0.15) is 0 Å². The Morgan fingerprint density at radius 2 is 1.91 bits per heavy atom. The summed E-state index contributed by atoms with van der Waals surface area (Å²) in [5.74, 6) is -1.94. The highest BCUT2D eigenvalue weighted by atomic mass is 19.2. The molecular formula is C16H11F2N3O. The molecule has 22 heavy (non-hydrogen) atoms. The van der Waals surface area contributed by atoms with Gasteiger partial charge in [-0.3, -0.25) is 4.79 Å². The fraction of sp³-hybridized carbons (Fsp3) is 0.125. The van der Waals surface area contributed by atoms with E-state index in [2.05, 4.69) is 15.3 Å². The fourth-order valence-electron chi connectivity index (χ4n) is 2.82. The molecule has 0 bridgehead atoms. The van der Waals surface area contributed by atoms with Crippen LogP contribution < -0.4 is 5.32 Å². The molecule has 2 aromatic heterocycles. The van der Waals surface area contributed by atoms with Gasteiger partial charge in [-0.05, 0) is 25.1 Å². The Morgan fingerprint density at radius 1 is 1.14 bits per heavy atom. The highest BCUT2D eigenvalue weighted by molar-refractivity contribution is 6.00. The van der Waals surface area contributed by atoms with E-state index in [-0.39, 0.29) is 11.9 Å². The molecule has 1 aromatic carbocycles. The number of nitrogens with zero attached hydrogens (tertiary/aromatic N) is 1. The largest absolute Gasteiger partial charge is 0.360 e. The molecule has 4 nitrogen and oxygen atoms in total. The van der Waals surface area contributed by atoms with Crippen LogP contribution in [0, 0.1) is 11.6 Å². The van der Waals surface area contributed by atoms with Crippen molar-refractivity contribution in [2.75, 3.05) is 0 Å². The third kappa shape index (κ3) is 1.73. The molecule has 0 saturated carbocycles. The van der Waals surface area contributed by atoms with E-state index >= 15 is 0 Å². The minimum absolute atomic E-state index is 0.145. The molecular weight excluding hydrogens is 288 g/mol. The smallest absolute Gasteiger partial charge is 0.253 e. The summed E-state index contributed by atoms with van der Waals surface area (Å²) in [6, 6.07) is 5.52. The maximum absolute atomic E-state index is 13.5. The molecule has 0 radical (unpaired) electrons. The first-order valence-electron chi connectivity index (χ1n) is 6.83. The van der Waals surface area contributed by atoms with Crippen molar-refractivity contribution in [2.45, 2.75) is 13.0 Å². The van der Waals surface area contributed by atoms with Gasteiger partial charge in [-0.1, -0.05) is 0 Å². The number of nitrogens with one attached hydrogen (secondary N) is 2. The lowest BCUT2D eigenvalue weighted by Gasteiger charge is -2.05. The van der Waals surface area contributed by atoms with Gasteiger partial charge in [0.15, 0.2) is 11.6 Å². The summed E-state index contributed by atoms with van der Waals surface area (Å²) in [7, 11) is 0. The second-order valence-corrected chi connectivity index (χ2v) is 5.34. The molecule has 4 rings (SSSR count). The number of aromatic amines is 1. The van der Waals surface area contributed by atoms with Crippen LogP contribution in [0.1, 0.15) is 29.0 Å². The zero-order valence-electron chi connectivity index (χ0n) is 11.6. The van der Waals surface area contributed by atoms with E-state index in [0.717, 1.165) is 12.1 Å². The normalized spacial score (nSPS) is 16.9. The lowest BCUT2D eigenvalue weighted by Crippen LogP contribution is -2.16. The number of hydrogen-bond acceptors (Lipinski definition) is 2. The molecule has 2 N–H and O–H groups in total. The summed E-state index contributed by atoms with van der Waals surface area (Å²) in [4.78, 5) is 19.1. The lowest BCUT2D eigenvalue weighted by molar-refractivity contribution is 0.0958. The number of carbonyl (C=O) groups is 1. The summed E-state index contributed by atoms with van der Waals surface area (Å²) in [6.45, 7) is 1.85. The number of hydrogen-bond donors (Lipinski definition) is 2. The van der Waals surface area contributed by atoms with Gasteiger partial charge in [0, 0.05) is 28.7 Å². The first-order valence-corrected chi connectivity index (χ1v) is 6.83. The first kappa shape index (κ1) is 12.9. The first-order chi connectivity index (χ1) is 10.5. The van der Waals surface area contributed by atoms with Crippen LogP contribution in [-0.4, -0.2) is 15.9 Å². The maximum atomic E-state index is 13.5. The van der Waals surface area contributed by atoms with Crippen molar-refractivity contribution in [3.05, 3.63) is 53.4 Å². The zero-order valence-corrected chi connectivity index (χ0v) is 11.6. The Bertz CT molecular complexity index is 933. The minimum atomic E-state index is -0.903. The summed E-state index contributed by atoms with van der Waals surface area (Å²) in [5, 5.41) is 3.34. The van der Waals surface area contributed by atoms with E-state index in [4.69, 9.17) is 0 Å². The Labute approximate surface area is 124 Å². The molecule has 0 fully saturated rings. The van der Waals surface area contributed by atoms with Crippen molar-refractivity contribution in [3.63, 3.8) is 0 Å². The van der Waals surface area contributed by atoms with Gasteiger partial charge in [-0.2, -0.15) is 0 Å². The number of benzene rings is 1. The number of pyridine rings is 1. The van der Waals surface area contributed by atoms with Crippen LogP contribution in [0.4, 0.5) is 8.78 Å². The molecule has 0 spiro atoms. The lowest BCUT2D eigenvalue weighted by atomic mass is 10.1. The summed E-state index contributed by atoms with van der Waals surface area (Å²) in [5.41, 5.74) is 2.99. The van der Waals surface area contributed by atoms with Crippen LogP contribution in [0.3, 0.4) is 0 Å². The number of aromatic nitrogens is 2. The van der Waals surface area contributed by atoms with E-state index in [0.29, 0.717) is 33.4 Å². The van der Waals surface area contributed by atoms with Crippen molar-refractivity contribution in [2.24, 2.45) is 0 Å². The van der Waals surface area contributed by atoms with Gasteiger partial charge in [-0.25, -0.2) is 13.8 Å². The maximum Gasteiger partial charge on any atom is 0.253 e. The van der Waals surface area contributed by atoms with Crippen LogP contribution in [0.25, 0.3) is 22.2 Å². The van der Waals surface area contributed by atoms with Crippen LogP contribution in [0.15, 0.2) is 30.5 Å². The molecule has 1 unspecified atom stereocenters. The van der Waals surface area contributed by atoms with Crippen molar-refractivity contribution in [1.82, 2.24) is 15.3 Å². The number of halogens is 2. The average molecular weight is 299 g/mol. The number of rotatable bonds is 1. The molecule has 110 valence electrons. The molecule has 1 aliphatic rings. The van der Waals surface area contributed by atoms with Crippen molar-refractivity contribution in [1.29, 1.82) is 0 Å². The van der Waals surface area contributed by atoms with E-state index in [1.165, 1.54) is 0 Å². The molecule has 3 heterocycles. The Morgan fingerprint density at radius 3 is 2.73 bits per heavy atom. The van der Waals surface area contributed by atoms with Crippen LogP contribution >= 0.6 is 0 Å². The minimum Gasteiger partial charge on any atom is -0.360 e. The summed E-state index contributed by atoms with van der Waals surface area (Å²) in [6.07, 6.45) is 1.66. The third-order valence-electron chi connectivity index (χ3n) is 3.93. The molecule has 1 amide bonds. The SMILES string of the molecule is CC1NC(=O)c2ccc(-c3c[nH]c4cc(F)c(F)cc34)nc21. The Balaban J connectivity index is 1.91. The fourth-order valence-corrected chi connectivity index (χ4v) is 2.82. The predicted octanol–water partition coefficient (Wildman–Crippen LogP) is 3.31. The summed E-state index contributed by atoms with van der Waals surface area (Å²) >= 11 is 0. The quantitative estimate of drug-likeness (QED) is 0.724. The van der Waals surface area contributed by atoms with Gasteiger partial charge in [0.2, 0.25) is 0 Å². The standard InChI is InChI=1S/C16H11F2N3O/c1-7-15-8(16(22)20-7)2-3-13(21-15)10-6-19-14-5-12(18)11(17)4-9(10)14/h2-7,19H,1H3,(H,20,22). The molecule has 1 aliphatic heterocycles. The second-order valence-electron chi connectivity index (χ2n) is 5.34. The van der Waals surface area contributed by atoms with Crippen molar-refractivity contribution in [3.8, 4) is 11.3 Å². The van der Waals surface area contributed by atoms with E-state index < -0.39 is 11.6 Å². The molecule has 0 saturated heterocycles. The van der Waals surface area contributed by atoms with E-state index in [1.807, 2.05) is 6.92 Å². The number of H-pyrrole nitrogens is 1. The van der Waals surface area contributed by atoms with Crippen molar-refractivity contribution >= 4 is 16.8 Å². The molecule has 6 heteroatoms. The number of fused-ring (bicyclic) bond motifs is 2. The van der Waals surface area contributed by atoms with Gasteiger partial charge in [0.25, 0.3) is 5.91 Å². The van der Waals surface area contributed by atoms with E-state index in [9.17, 15) is 13.6 Å². The van der Waals surface area contributed by atoms with Gasteiger partial charge in [0.05, 0.1) is 23.0 Å². The van der Waals surface area contributed by atoms with Gasteiger partial charge >= 0.3 is 0 Å². The summed E-state index contributed by atoms with van der Waals surface area (Å²) < 4.78 is 26.8. The third-order valence-corrected chi connectivity index (χ3v) is 3.93. The predicted molar refractivity (Wildman–Crippen MR) is 77.3 cm³/mol. The Kier molecular flexibility index (Phi) is 2.57. The van der Waals surface area contributed by atoms with Crippen molar-refractivity contribution < 1.29 is 13.6 Å². The van der Waals surface area contributed by atoms with Gasteiger partial charge in [-0.15, -0.1) is 0 Å². The number of amides is 1. The Hall–Kier alpha value is -2.76. The second kappa shape index (κ2) is 4.37. The van der Waals surface area contributed by atoms with E-state index in [1.54, 1.807) is 18.3 Å². The molecule has 3 aromatic rings. The zero-order chi connectivity index (χ0) is 15.4. The monoisotopic (exact) mass is 299 g/mol.